The molecule has 0 aliphatic rings. The molecule has 0 aromatic carbocycles. The molecule has 6 heteroatoms. The van der Waals surface area contributed by atoms with Crippen molar-refractivity contribution in [1.82, 2.24) is 10.2 Å². The molecule has 1 heterocycles. The van der Waals surface area contributed by atoms with Crippen LogP contribution in [0.3, 0.4) is 0 Å². The third-order valence-corrected chi connectivity index (χ3v) is 4.09. The van der Waals surface area contributed by atoms with Crippen LogP contribution in [0.15, 0.2) is 17.5 Å². The van der Waals surface area contributed by atoms with E-state index >= 15 is 0 Å². The molecule has 0 bridgehead atoms. The maximum absolute atomic E-state index is 12.0. The van der Waals surface area contributed by atoms with Gasteiger partial charge in [0, 0.05) is 17.5 Å². The average Bonchev–Trinajstić information content (AvgIpc) is 2.87. The van der Waals surface area contributed by atoms with E-state index < -0.39 is 5.97 Å². The molecule has 5 nitrogen and oxygen atoms in total. The highest BCUT2D eigenvalue weighted by Crippen LogP contribution is 2.17. The van der Waals surface area contributed by atoms with Gasteiger partial charge in [-0.25, -0.2) is 0 Å². The Morgan fingerprint density at radius 3 is 2.60 bits per heavy atom. The van der Waals surface area contributed by atoms with Crippen LogP contribution >= 0.6 is 11.3 Å². The molecule has 0 saturated carbocycles. The van der Waals surface area contributed by atoms with E-state index in [1.54, 1.807) is 11.3 Å². The van der Waals surface area contributed by atoms with E-state index in [-0.39, 0.29) is 31.0 Å². The molecule has 1 amide bonds. The van der Waals surface area contributed by atoms with Gasteiger partial charge in [-0.15, -0.1) is 11.3 Å². The van der Waals surface area contributed by atoms with Gasteiger partial charge in [0.15, 0.2) is 0 Å². The minimum absolute atomic E-state index is 0.0176. The summed E-state index contributed by atoms with van der Waals surface area (Å²) >= 11 is 1.61. The third kappa shape index (κ3) is 5.71. The van der Waals surface area contributed by atoms with Gasteiger partial charge >= 0.3 is 5.97 Å². The molecule has 0 aliphatic heterocycles. The highest BCUT2D eigenvalue weighted by Gasteiger charge is 2.17. The summed E-state index contributed by atoms with van der Waals surface area (Å²) in [7, 11) is 0. The number of carbonyl (C=O) groups excluding carboxylic acids is 1. The van der Waals surface area contributed by atoms with Gasteiger partial charge in [-0.2, -0.15) is 0 Å². The Bertz CT molecular complexity index is 432. The van der Waals surface area contributed by atoms with Gasteiger partial charge in [0.1, 0.15) is 0 Å². The second-order valence-electron chi connectivity index (χ2n) is 5.01. The van der Waals surface area contributed by atoms with Gasteiger partial charge in [0.05, 0.1) is 19.0 Å². The van der Waals surface area contributed by atoms with Crippen molar-refractivity contribution in [1.29, 1.82) is 0 Å². The summed E-state index contributed by atoms with van der Waals surface area (Å²) in [6.45, 7) is 6.46. The molecule has 1 aromatic heterocycles. The number of aliphatic carboxylic acids is 1. The van der Waals surface area contributed by atoms with Crippen molar-refractivity contribution < 1.29 is 14.7 Å². The van der Waals surface area contributed by atoms with E-state index in [1.165, 1.54) is 0 Å². The van der Waals surface area contributed by atoms with Gasteiger partial charge in [0.25, 0.3) is 0 Å². The smallest absolute Gasteiger partial charge is 0.304 e. The highest BCUT2D eigenvalue weighted by atomic mass is 32.1. The first-order valence-corrected chi connectivity index (χ1v) is 7.56. The number of nitrogens with zero attached hydrogens (tertiary/aromatic N) is 1. The van der Waals surface area contributed by atoms with Gasteiger partial charge < -0.3 is 10.4 Å². The summed E-state index contributed by atoms with van der Waals surface area (Å²) in [5.41, 5.74) is 0. The van der Waals surface area contributed by atoms with Crippen molar-refractivity contribution in [2.45, 2.75) is 39.3 Å². The second-order valence-corrected chi connectivity index (χ2v) is 5.99. The van der Waals surface area contributed by atoms with Gasteiger partial charge in [-0.05, 0) is 32.2 Å². The summed E-state index contributed by atoms with van der Waals surface area (Å²) in [6, 6.07) is 4.06. The molecule has 0 fully saturated rings. The van der Waals surface area contributed by atoms with E-state index in [9.17, 15) is 9.59 Å². The molecule has 0 spiro atoms. The Balaban J connectivity index is 2.47. The average molecular weight is 298 g/mol. The topological polar surface area (TPSA) is 69.6 Å². The Morgan fingerprint density at radius 2 is 2.10 bits per heavy atom. The Labute approximate surface area is 123 Å². The fourth-order valence-corrected chi connectivity index (χ4v) is 2.57. The molecule has 0 radical (unpaired) electrons. The number of carbonyl (C=O) groups is 2. The molecule has 2 N–H and O–H groups in total. The number of hydrogen-bond acceptors (Lipinski definition) is 4. The van der Waals surface area contributed by atoms with Crippen LogP contribution in [-0.4, -0.2) is 41.0 Å². The molecule has 1 unspecified atom stereocenters. The van der Waals surface area contributed by atoms with Crippen molar-refractivity contribution in [2.75, 3.05) is 13.1 Å². The van der Waals surface area contributed by atoms with E-state index in [1.807, 2.05) is 43.2 Å². The van der Waals surface area contributed by atoms with Crippen molar-refractivity contribution in [3.8, 4) is 0 Å². The third-order valence-electron chi connectivity index (χ3n) is 3.04. The predicted octanol–water partition coefficient (Wildman–Crippen LogP) is 2.11. The summed E-state index contributed by atoms with van der Waals surface area (Å²) in [6.07, 6.45) is 0.0476. The fourth-order valence-electron chi connectivity index (χ4n) is 1.84. The lowest BCUT2D eigenvalue weighted by Gasteiger charge is -2.25. The molecule has 20 heavy (non-hydrogen) atoms. The normalized spacial score (nSPS) is 12.7. The maximum Gasteiger partial charge on any atom is 0.304 e. The van der Waals surface area contributed by atoms with E-state index in [2.05, 4.69) is 5.32 Å². The first-order valence-electron chi connectivity index (χ1n) is 6.68. The van der Waals surface area contributed by atoms with E-state index in [4.69, 9.17) is 5.11 Å². The van der Waals surface area contributed by atoms with E-state index in [0.717, 1.165) is 4.88 Å². The van der Waals surface area contributed by atoms with Crippen LogP contribution in [0.5, 0.6) is 0 Å². The summed E-state index contributed by atoms with van der Waals surface area (Å²) in [5, 5.41) is 13.6. The number of rotatable bonds is 8. The fraction of sp³-hybridized carbons (Fsp3) is 0.571. The van der Waals surface area contributed by atoms with E-state index in [0.29, 0.717) is 6.54 Å². The molecular weight excluding hydrogens is 276 g/mol. The number of amides is 1. The van der Waals surface area contributed by atoms with Crippen LogP contribution in [0.1, 0.15) is 38.1 Å². The zero-order valence-corrected chi connectivity index (χ0v) is 12.9. The molecular formula is C14H22N2O3S. The first-order chi connectivity index (χ1) is 9.40. The monoisotopic (exact) mass is 298 g/mol. The number of carboxylic acid groups (broad SMARTS) is 1. The molecule has 112 valence electrons. The van der Waals surface area contributed by atoms with Crippen LogP contribution < -0.4 is 5.32 Å². The quantitative estimate of drug-likeness (QED) is 0.771. The summed E-state index contributed by atoms with van der Waals surface area (Å²) in [5.74, 6) is -0.923. The van der Waals surface area contributed by atoms with Crippen LogP contribution in [0, 0.1) is 0 Å². The Hall–Kier alpha value is -1.40. The molecule has 1 atom stereocenters. The van der Waals surface area contributed by atoms with Gasteiger partial charge in [-0.1, -0.05) is 6.07 Å². The first kappa shape index (κ1) is 16.7. The van der Waals surface area contributed by atoms with Crippen molar-refractivity contribution in [3.05, 3.63) is 22.4 Å². The molecule has 0 aliphatic carbocycles. The number of nitrogens with one attached hydrogen (secondary N) is 1. The maximum atomic E-state index is 12.0. The van der Waals surface area contributed by atoms with Crippen LogP contribution in [0.4, 0.5) is 0 Å². The number of thiophene rings is 1. The molecule has 1 aromatic rings. The van der Waals surface area contributed by atoms with Crippen molar-refractivity contribution in [3.63, 3.8) is 0 Å². The minimum Gasteiger partial charge on any atom is -0.481 e. The molecule has 1 rings (SSSR count). The van der Waals surface area contributed by atoms with Crippen LogP contribution in [0.25, 0.3) is 0 Å². The zero-order valence-electron chi connectivity index (χ0n) is 12.1. The lowest BCUT2D eigenvalue weighted by Crippen LogP contribution is -2.42. The number of carboxylic acids is 1. The summed E-state index contributed by atoms with van der Waals surface area (Å²) in [4.78, 5) is 25.6. The standard InChI is InChI=1S/C14H22N2O3S/c1-10(2)16(7-6-14(18)19)9-13(17)15-11(3)12-5-4-8-20-12/h4-5,8,10-11H,6-7,9H2,1-3H3,(H,15,17)(H,18,19). The lowest BCUT2D eigenvalue weighted by atomic mass is 10.2. The zero-order chi connectivity index (χ0) is 15.1. The Morgan fingerprint density at radius 1 is 1.40 bits per heavy atom. The highest BCUT2D eigenvalue weighted by molar-refractivity contribution is 7.10. The van der Waals surface area contributed by atoms with Crippen molar-refractivity contribution >= 4 is 23.2 Å². The molecule has 0 saturated heterocycles. The predicted molar refractivity (Wildman–Crippen MR) is 79.8 cm³/mol. The lowest BCUT2D eigenvalue weighted by molar-refractivity contribution is -0.138. The Kier molecular flexibility index (Phi) is 6.67. The minimum atomic E-state index is -0.844. The van der Waals surface area contributed by atoms with Crippen LogP contribution in [0.2, 0.25) is 0 Å². The van der Waals surface area contributed by atoms with Crippen LogP contribution in [-0.2, 0) is 9.59 Å². The van der Waals surface area contributed by atoms with Gasteiger partial charge in [-0.3, -0.25) is 14.5 Å². The van der Waals surface area contributed by atoms with Gasteiger partial charge in [0.2, 0.25) is 5.91 Å². The summed E-state index contributed by atoms with van der Waals surface area (Å²) < 4.78 is 0. The van der Waals surface area contributed by atoms with Crippen molar-refractivity contribution in [2.24, 2.45) is 0 Å². The largest absolute Gasteiger partial charge is 0.481 e. The number of hydrogen-bond donors (Lipinski definition) is 2. The SMILES string of the molecule is CC(NC(=O)CN(CCC(=O)O)C(C)C)c1cccs1. The second kappa shape index (κ2) is 8.01.